The largest absolute Gasteiger partial charge is 0.489 e. The van der Waals surface area contributed by atoms with Gasteiger partial charge in [0.1, 0.15) is 16.9 Å². The molecular weight excluding hydrogens is 479 g/mol. The van der Waals surface area contributed by atoms with Crippen molar-refractivity contribution in [3.63, 3.8) is 0 Å². The molecule has 186 valence electrons. The molecule has 11 heteroatoms. The molecule has 0 bridgehead atoms. The molecule has 4 rings (SSSR count). The third kappa shape index (κ3) is 6.34. The first-order valence-corrected chi connectivity index (χ1v) is 12.0. The number of aromatic nitrogens is 3. The number of nitrogens with zero attached hydrogens (tertiary/aromatic N) is 4. The van der Waals surface area contributed by atoms with Crippen LogP contribution in [0.3, 0.4) is 0 Å². The summed E-state index contributed by atoms with van der Waals surface area (Å²) in [4.78, 5) is 27.6. The second kappa shape index (κ2) is 10.3. The van der Waals surface area contributed by atoms with Crippen molar-refractivity contribution in [2.75, 3.05) is 20.1 Å². The molecule has 1 saturated heterocycles. The number of piperidine rings is 1. The molecule has 1 amide bonds. The lowest BCUT2D eigenvalue weighted by Gasteiger charge is -2.30. The summed E-state index contributed by atoms with van der Waals surface area (Å²) in [6.45, 7) is 5.44. The van der Waals surface area contributed by atoms with Gasteiger partial charge < -0.3 is 15.0 Å². The predicted octanol–water partition coefficient (Wildman–Crippen LogP) is 4.89. The smallest absolute Gasteiger partial charge is 0.451 e. The van der Waals surface area contributed by atoms with Gasteiger partial charge in [-0.2, -0.15) is 13.2 Å². The van der Waals surface area contributed by atoms with E-state index in [9.17, 15) is 18.0 Å². The van der Waals surface area contributed by atoms with Gasteiger partial charge in [0.2, 0.25) is 5.82 Å². The Bertz CT molecular complexity index is 1180. The van der Waals surface area contributed by atoms with Crippen molar-refractivity contribution in [3.05, 3.63) is 58.6 Å². The van der Waals surface area contributed by atoms with Gasteiger partial charge in [0.15, 0.2) is 0 Å². The molecule has 1 aliphatic heterocycles. The zero-order valence-corrected chi connectivity index (χ0v) is 20.4. The number of likely N-dealkylation sites (tertiary alicyclic amines) is 1. The van der Waals surface area contributed by atoms with Crippen molar-refractivity contribution in [2.24, 2.45) is 0 Å². The van der Waals surface area contributed by atoms with E-state index in [1.54, 1.807) is 25.3 Å². The van der Waals surface area contributed by atoms with Crippen LogP contribution in [-0.4, -0.2) is 52.0 Å². The van der Waals surface area contributed by atoms with Crippen LogP contribution < -0.4 is 10.1 Å². The van der Waals surface area contributed by atoms with E-state index in [4.69, 9.17) is 4.74 Å². The van der Waals surface area contributed by atoms with E-state index in [0.29, 0.717) is 16.9 Å². The summed E-state index contributed by atoms with van der Waals surface area (Å²) in [5.41, 5.74) is 1.49. The number of aryl methyl sites for hydroxylation is 1. The lowest BCUT2D eigenvalue weighted by Crippen LogP contribution is -2.38. The Balaban J connectivity index is 1.56. The minimum Gasteiger partial charge on any atom is -0.489 e. The van der Waals surface area contributed by atoms with E-state index in [2.05, 4.69) is 32.2 Å². The molecule has 1 unspecified atom stereocenters. The number of halogens is 3. The van der Waals surface area contributed by atoms with Crippen molar-refractivity contribution >= 4 is 17.2 Å². The quantitative estimate of drug-likeness (QED) is 0.514. The number of nitrogens with one attached hydrogen (secondary N) is 1. The molecule has 2 atom stereocenters. The third-order valence-electron chi connectivity index (χ3n) is 5.69. The summed E-state index contributed by atoms with van der Waals surface area (Å²) in [5.74, 6) is -1.04. The zero-order chi connectivity index (χ0) is 25.2. The highest BCUT2D eigenvalue weighted by atomic mass is 32.1. The first-order chi connectivity index (χ1) is 16.6. The molecule has 0 saturated carbocycles. The summed E-state index contributed by atoms with van der Waals surface area (Å²) in [5, 5.41) is 3.58. The molecule has 3 heterocycles. The van der Waals surface area contributed by atoms with Gasteiger partial charge in [0.05, 0.1) is 6.04 Å². The fourth-order valence-electron chi connectivity index (χ4n) is 3.89. The maximum absolute atomic E-state index is 13.1. The first-order valence-electron chi connectivity index (χ1n) is 11.2. The summed E-state index contributed by atoms with van der Waals surface area (Å²) in [6, 6.07) is 4.70. The highest BCUT2D eigenvalue weighted by molar-refractivity contribution is 7.14. The second-order valence-electron chi connectivity index (χ2n) is 8.70. The predicted molar refractivity (Wildman–Crippen MR) is 126 cm³/mol. The number of carbonyl (C=O) groups excluding carboxylic acids is 1. The first kappa shape index (κ1) is 25.1. The number of carbonyl (C=O) groups is 1. The minimum absolute atomic E-state index is 0.0150. The molecule has 0 radical (unpaired) electrons. The average molecular weight is 506 g/mol. The summed E-state index contributed by atoms with van der Waals surface area (Å²) >= 11 is 1.52. The van der Waals surface area contributed by atoms with Crippen LogP contribution in [0, 0.1) is 6.92 Å². The zero-order valence-electron chi connectivity index (χ0n) is 19.6. The Morgan fingerprint density at radius 1 is 1.20 bits per heavy atom. The van der Waals surface area contributed by atoms with Gasteiger partial charge in [0.25, 0.3) is 5.91 Å². The molecular formula is C24H26F3N5O2S. The van der Waals surface area contributed by atoms with E-state index >= 15 is 0 Å². The molecule has 35 heavy (non-hydrogen) atoms. The Kier molecular flexibility index (Phi) is 7.36. The molecule has 0 aliphatic carbocycles. The molecule has 7 nitrogen and oxygen atoms in total. The minimum atomic E-state index is -4.62. The fourth-order valence-corrected chi connectivity index (χ4v) is 4.64. The molecule has 2 aromatic heterocycles. The van der Waals surface area contributed by atoms with Crippen molar-refractivity contribution < 1.29 is 22.7 Å². The maximum atomic E-state index is 13.1. The highest BCUT2D eigenvalue weighted by Gasteiger charge is 2.34. The topological polar surface area (TPSA) is 80.2 Å². The average Bonchev–Trinajstić information content (AvgIpc) is 3.25. The van der Waals surface area contributed by atoms with Crippen LogP contribution in [0.2, 0.25) is 0 Å². The SMILES string of the molecule is Cc1cnc(-c2cc(O[C@@H]3CCCN(C)C3)cc(C(=O)NC(C)c3cnc(C(F)(F)F)nc3)c2)s1. The van der Waals surface area contributed by atoms with Gasteiger partial charge in [0, 0.05) is 46.7 Å². The second-order valence-corrected chi connectivity index (χ2v) is 9.93. The summed E-state index contributed by atoms with van der Waals surface area (Å²) < 4.78 is 44.5. The molecule has 1 N–H and O–H groups in total. The van der Waals surface area contributed by atoms with Crippen molar-refractivity contribution in [1.82, 2.24) is 25.2 Å². The van der Waals surface area contributed by atoms with E-state index in [1.807, 2.05) is 13.0 Å². The molecule has 0 spiro atoms. The number of ether oxygens (including phenoxy) is 1. The van der Waals surface area contributed by atoms with Gasteiger partial charge in [-0.05, 0) is 58.5 Å². The van der Waals surface area contributed by atoms with E-state index in [1.165, 1.54) is 11.3 Å². The highest BCUT2D eigenvalue weighted by Crippen LogP contribution is 2.31. The number of alkyl halides is 3. The Hall–Kier alpha value is -3.05. The van der Waals surface area contributed by atoms with E-state index in [-0.39, 0.29) is 6.10 Å². The Morgan fingerprint density at radius 3 is 2.57 bits per heavy atom. The van der Waals surface area contributed by atoms with Gasteiger partial charge in [-0.25, -0.2) is 15.0 Å². The van der Waals surface area contributed by atoms with Crippen LogP contribution in [0.1, 0.15) is 52.4 Å². The van der Waals surface area contributed by atoms with Crippen molar-refractivity contribution in [3.8, 4) is 16.3 Å². The van der Waals surface area contributed by atoms with Crippen LogP contribution in [0.15, 0.2) is 36.8 Å². The normalized spacial score (nSPS) is 17.7. The monoisotopic (exact) mass is 505 g/mol. The number of likely N-dealkylation sites (N-methyl/N-ethyl adjacent to an activating group) is 1. The van der Waals surface area contributed by atoms with Crippen LogP contribution in [0.25, 0.3) is 10.6 Å². The number of thiazole rings is 1. The van der Waals surface area contributed by atoms with Crippen LogP contribution in [-0.2, 0) is 6.18 Å². The summed E-state index contributed by atoms with van der Waals surface area (Å²) in [6.07, 6.45) is 1.28. The third-order valence-corrected chi connectivity index (χ3v) is 6.66. The molecule has 1 fully saturated rings. The van der Waals surface area contributed by atoms with Crippen LogP contribution in [0.4, 0.5) is 13.2 Å². The number of benzene rings is 1. The summed E-state index contributed by atoms with van der Waals surface area (Å²) in [7, 11) is 2.05. The lowest BCUT2D eigenvalue weighted by atomic mass is 10.1. The van der Waals surface area contributed by atoms with Gasteiger partial charge in [-0.1, -0.05) is 0 Å². The number of amides is 1. The number of rotatable bonds is 6. The number of hydrogen-bond donors (Lipinski definition) is 1. The maximum Gasteiger partial charge on any atom is 0.451 e. The number of hydrogen-bond acceptors (Lipinski definition) is 7. The van der Waals surface area contributed by atoms with Gasteiger partial charge in [-0.3, -0.25) is 4.79 Å². The van der Waals surface area contributed by atoms with E-state index < -0.39 is 23.9 Å². The van der Waals surface area contributed by atoms with Gasteiger partial charge >= 0.3 is 6.18 Å². The molecule has 1 aliphatic rings. The molecule has 3 aromatic rings. The Morgan fingerprint density at radius 2 is 1.94 bits per heavy atom. The van der Waals surface area contributed by atoms with E-state index in [0.717, 1.165) is 53.8 Å². The van der Waals surface area contributed by atoms with Crippen molar-refractivity contribution in [1.29, 1.82) is 0 Å². The van der Waals surface area contributed by atoms with Crippen LogP contribution in [0.5, 0.6) is 5.75 Å². The molecule has 1 aromatic carbocycles. The van der Waals surface area contributed by atoms with Gasteiger partial charge in [-0.15, -0.1) is 11.3 Å². The fraction of sp³-hybridized carbons (Fsp3) is 0.417. The Labute approximate surface area is 205 Å². The van der Waals surface area contributed by atoms with Crippen molar-refractivity contribution in [2.45, 2.75) is 45.0 Å². The lowest BCUT2D eigenvalue weighted by molar-refractivity contribution is -0.145. The standard InChI is InChI=1S/C24H26F3N5O2S/c1-14-10-28-22(35-14)17-7-16(8-20(9-17)34-19-5-4-6-32(3)13-19)21(33)31-15(2)18-11-29-23(30-12-18)24(25,26)27/h7-12,15,19H,4-6,13H2,1-3H3,(H,31,33)/t15?,19-/m1/s1. The van der Waals surface area contributed by atoms with Crippen LogP contribution >= 0.6 is 11.3 Å².